The molecular weight excluding hydrogens is 470 g/mol. The van der Waals surface area contributed by atoms with Crippen molar-refractivity contribution in [1.29, 1.82) is 0 Å². The molecule has 4 N–H and O–H groups in total. The lowest BCUT2D eigenvalue weighted by Crippen LogP contribution is -2.16. The fourth-order valence-electron chi connectivity index (χ4n) is 3.88. The van der Waals surface area contributed by atoms with Crippen LogP contribution in [-0.4, -0.2) is 11.1 Å². The Kier molecular flexibility index (Phi) is 7.21. The molecular formula is C29H25N3O3S. The molecule has 0 aliphatic rings. The van der Waals surface area contributed by atoms with E-state index >= 15 is 0 Å². The van der Waals surface area contributed by atoms with Crippen LogP contribution < -0.4 is 20.5 Å². The van der Waals surface area contributed by atoms with Gasteiger partial charge in [-0.3, -0.25) is 0 Å². The molecule has 0 fully saturated rings. The molecule has 0 bridgehead atoms. The Balaban J connectivity index is 1.28. The van der Waals surface area contributed by atoms with Crippen molar-refractivity contribution in [2.45, 2.75) is 22.9 Å². The summed E-state index contributed by atoms with van der Waals surface area (Å²) in [6.45, 7) is 1.37. The molecule has 7 heteroatoms. The summed E-state index contributed by atoms with van der Waals surface area (Å²) in [5.74, 6) is 1.97. The van der Waals surface area contributed by atoms with E-state index in [9.17, 15) is 4.79 Å². The van der Waals surface area contributed by atoms with Gasteiger partial charge in [-0.15, -0.1) is 0 Å². The number of carbonyl (C=O) groups is 1. The minimum Gasteiger partial charge on any atom is -0.457 e. The predicted octanol–water partition coefficient (Wildman–Crippen LogP) is 6.86. The number of carbonyl (C=O) groups excluding carboxylic acids is 1. The maximum absolute atomic E-state index is 11.5. The summed E-state index contributed by atoms with van der Waals surface area (Å²) in [5.41, 5.74) is 8.41. The molecule has 6 nitrogen and oxygen atoms in total. The van der Waals surface area contributed by atoms with Gasteiger partial charge in [0.15, 0.2) is 0 Å². The zero-order chi connectivity index (χ0) is 24.7. The van der Waals surface area contributed by atoms with Gasteiger partial charge in [-0.05, 0) is 53.6 Å². The number of benzene rings is 4. The summed E-state index contributed by atoms with van der Waals surface area (Å²) in [6.07, 6.45) is -0.850. The van der Waals surface area contributed by atoms with E-state index in [0.717, 1.165) is 43.3 Å². The monoisotopic (exact) mass is 495 g/mol. The molecule has 1 heterocycles. The number of primary amides is 1. The zero-order valence-electron chi connectivity index (χ0n) is 19.4. The number of hydrogen-bond donors (Lipinski definition) is 3. The Morgan fingerprint density at radius 2 is 1.50 bits per heavy atom. The van der Waals surface area contributed by atoms with E-state index in [1.807, 2.05) is 84.9 Å². The molecule has 1 amide bonds. The molecule has 0 saturated carbocycles. The SMILES string of the molecule is NC(=O)Oc1[nH]c2cc(CNCc3cccc(Oc4ccccc4)c3)ccc2c1Sc1ccccc1. The quantitative estimate of drug-likeness (QED) is 0.208. The van der Waals surface area contributed by atoms with E-state index in [-0.39, 0.29) is 0 Å². The van der Waals surface area contributed by atoms with Crippen molar-refractivity contribution in [2.24, 2.45) is 5.73 Å². The van der Waals surface area contributed by atoms with E-state index in [1.54, 1.807) is 0 Å². The molecule has 0 unspecified atom stereocenters. The summed E-state index contributed by atoms with van der Waals surface area (Å²) >= 11 is 1.52. The Hall–Kier alpha value is -4.20. The highest BCUT2D eigenvalue weighted by atomic mass is 32.2. The number of rotatable bonds is 9. The number of H-pyrrole nitrogens is 1. The molecule has 1 aromatic heterocycles. The normalized spacial score (nSPS) is 10.9. The third-order valence-electron chi connectivity index (χ3n) is 5.48. The Morgan fingerprint density at radius 1 is 0.806 bits per heavy atom. The molecule has 0 atom stereocenters. The van der Waals surface area contributed by atoms with Crippen LogP contribution >= 0.6 is 11.8 Å². The van der Waals surface area contributed by atoms with Crippen LogP contribution in [0.1, 0.15) is 11.1 Å². The summed E-state index contributed by atoms with van der Waals surface area (Å²) < 4.78 is 11.2. The Labute approximate surface area is 213 Å². The van der Waals surface area contributed by atoms with Crippen LogP contribution in [0, 0.1) is 0 Å². The first-order valence-corrected chi connectivity index (χ1v) is 12.3. The first kappa shape index (κ1) is 23.5. The number of nitrogens with one attached hydrogen (secondary N) is 2. The highest BCUT2D eigenvalue weighted by Gasteiger charge is 2.16. The molecule has 0 radical (unpaired) electrons. The van der Waals surface area contributed by atoms with Crippen LogP contribution in [0.4, 0.5) is 4.79 Å². The number of aromatic amines is 1. The number of nitrogens with two attached hydrogens (primary N) is 1. The summed E-state index contributed by atoms with van der Waals surface area (Å²) in [6, 6.07) is 33.9. The highest BCUT2D eigenvalue weighted by molar-refractivity contribution is 7.99. The van der Waals surface area contributed by atoms with Gasteiger partial charge >= 0.3 is 6.09 Å². The minimum atomic E-state index is -0.850. The van der Waals surface area contributed by atoms with Crippen molar-refractivity contribution in [3.05, 3.63) is 114 Å². The second kappa shape index (κ2) is 11.0. The molecule has 0 saturated heterocycles. The summed E-state index contributed by atoms with van der Waals surface area (Å²) in [7, 11) is 0. The van der Waals surface area contributed by atoms with Crippen molar-refractivity contribution >= 4 is 28.8 Å². The van der Waals surface area contributed by atoms with Gasteiger partial charge in [-0.25, -0.2) is 4.79 Å². The molecule has 5 aromatic rings. The predicted molar refractivity (Wildman–Crippen MR) is 143 cm³/mol. The third kappa shape index (κ3) is 5.89. The number of para-hydroxylation sites is 1. The van der Waals surface area contributed by atoms with Crippen LogP contribution in [0.25, 0.3) is 10.9 Å². The van der Waals surface area contributed by atoms with Crippen molar-refractivity contribution < 1.29 is 14.3 Å². The van der Waals surface area contributed by atoms with E-state index < -0.39 is 6.09 Å². The smallest absolute Gasteiger partial charge is 0.411 e. The maximum Gasteiger partial charge on any atom is 0.411 e. The first-order valence-electron chi connectivity index (χ1n) is 11.5. The molecule has 0 aliphatic heterocycles. The van der Waals surface area contributed by atoms with Crippen molar-refractivity contribution in [3.8, 4) is 17.4 Å². The van der Waals surface area contributed by atoms with E-state index in [4.69, 9.17) is 15.2 Å². The lowest BCUT2D eigenvalue weighted by molar-refractivity contribution is 0.208. The molecule has 4 aromatic carbocycles. The van der Waals surface area contributed by atoms with Crippen LogP contribution in [0.15, 0.2) is 113 Å². The molecule has 36 heavy (non-hydrogen) atoms. The van der Waals surface area contributed by atoms with E-state index in [2.05, 4.69) is 28.5 Å². The number of amides is 1. The van der Waals surface area contributed by atoms with Gasteiger partial charge in [0.2, 0.25) is 5.88 Å². The van der Waals surface area contributed by atoms with Gasteiger partial charge in [0.1, 0.15) is 11.5 Å². The van der Waals surface area contributed by atoms with Crippen LogP contribution in [0.5, 0.6) is 17.4 Å². The van der Waals surface area contributed by atoms with Crippen LogP contribution in [-0.2, 0) is 13.1 Å². The highest BCUT2D eigenvalue weighted by Crippen LogP contribution is 2.41. The fourth-order valence-corrected chi connectivity index (χ4v) is 4.88. The van der Waals surface area contributed by atoms with Gasteiger partial charge < -0.3 is 25.5 Å². The standard InChI is InChI=1S/C29H25N3O3S/c30-29(33)35-28-27(36-24-12-5-2-6-13-24)25-15-14-21(17-26(25)32-28)19-31-18-20-8-7-11-23(16-20)34-22-9-3-1-4-10-22/h1-17,31-32H,18-19H2,(H2,30,33). The fraction of sp³-hybridized carbons (Fsp3) is 0.0690. The summed E-state index contributed by atoms with van der Waals surface area (Å²) in [4.78, 5) is 16.5. The van der Waals surface area contributed by atoms with Crippen molar-refractivity contribution in [3.63, 3.8) is 0 Å². The second-order valence-electron chi connectivity index (χ2n) is 8.17. The third-order valence-corrected chi connectivity index (χ3v) is 6.60. The summed E-state index contributed by atoms with van der Waals surface area (Å²) in [5, 5.41) is 4.45. The van der Waals surface area contributed by atoms with Gasteiger partial charge in [-0.1, -0.05) is 72.4 Å². The van der Waals surface area contributed by atoms with E-state index in [1.165, 1.54) is 11.8 Å². The number of ether oxygens (including phenoxy) is 2. The Morgan fingerprint density at radius 3 is 2.25 bits per heavy atom. The maximum atomic E-state index is 11.5. The molecule has 0 spiro atoms. The average Bonchev–Trinajstić information content (AvgIpc) is 3.21. The van der Waals surface area contributed by atoms with Crippen molar-refractivity contribution in [2.75, 3.05) is 0 Å². The minimum absolute atomic E-state index is 0.353. The largest absolute Gasteiger partial charge is 0.457 e. The molecule has 180 valence electrons. The molecule has 5 rings (SSSR count). The molecule has 0 aliphatic carbocycles. The lowest BCUT2D eigenvalue weighted by atomic mass is 10.1. The van der Waals surface area contributed by atoms with Gasteiger partial charge in [0.25, 0.3) is 0 Å². The van der Waals surface area contributed by atoms with E-state index in [0.29, 0.717) is 19.0 Å². The zero-order valence-corrected chi connectivity index (χ0v) is 20.3. The van der Waals surface area contributed by atoms with Gasteiger partial charge in [0, 0.05) is 28.9 Å². The number of aromatic nitrogens is 1. The second-order valence-corrected chi connectivity index (χ2v) is 9.25. The van der Waals surface area contributed by atoms with Crippen LogP contribution in [0.3, 0.4) is 0 Å². The Bertz CT molecular complexity index is 1470. The lowest BCUT2D eigenvalue weighted by Gasteiger charge is -2.09. The van der Waals surface area contributed by atoms with Crippen molar-refractivity contribution in [1.82, 2.24) is 10.3 Å². The number of hydrogen-bond acceptors (Lipinski definition) is 5. The number of fused-ring (bicyclic) bond motifs is 1. The van der Waals surface area contributed by atoms with Gasteiger partial charge in [-0.2, -0.15) is 0 Å². The average molecular weight is 496 g/mol. The topological polar surface area (TPSA) is 89.4 Å². The van der Waals surface area contributed by atoms with Gasteiger partial charge in [0.05, 0.1) is 4.90 Å². The first-order chi connectivity index (χ1) is 17.6. The van der Waals surface area contributed by atoms with Crippen LogP contribution in [0.2, 0.25) is 0 Å².